The van der Waals surface area contributed by atoms with E-state index in [2.05, 4.69) is 76.2 Å². The van der Waals surface area contributed by atoms with Gasteiger partial charge in [0.2, 0.25) is 0 Å². The van der Waals surface area contributed by atoms with Crippen molar-refractivity contribution < 1.29 is 33.2 Å². The van der Waals surface area contributed by atoms with Crippen LogP contribution in [0.4, 0.5) is 0 Å². The van der Waals surface area contributed by atoms with Crippen LogP contribution in [0.5, 0.6) is 0 Å². The maximum absolute atomic E-state index is 13.1. The molecule has 9 atom stereocenters. The van der Waals surface area contributed by atoms with E-state index in [-0.39, 0.29) is 23.9 Å². The van der Waals surface area contributed by atoms with Gasteiger partial charge in [0, 0.05) is 6.92 Å². The molecule has 1 spiro atoms. The lowest BCUT2D eigenvalue weighted by Crippen LogP contribution is -2.78. The second-order valence-corrected chi connectivity index (χ2v) is 15.5. The maximum atomic E-state index is 13.1. The van der Waals surface area contributed by atoms with Crippen LogP contribution < -0.4 is 0 Å². The molecular formula is C45H52O7. The molecule has 3 fully saturated rings. The first kappa shape index (κ1) is 36.5. The van der Waals surface area contributed by atoms with E-state index in [1.165, 1.54) is 6.92 Å². The Labute approximate surface area is 308 Å². The molecular weight excluding hydrogens is 652 g/mol. The van der Waals surface area contributed by atoms with Gasteiger partial charge in [-0.1, -0.05) is 135 Å². The van der Waals surface area contributed by atoms with Crippen LogP contribution in [0.3, 0.4) is 0 Å². The molecule has 0 N–H and O–H groups in total. The summed E-state index contributed by atoms with van der Waals surface area (Å²) in [6.07, 6.45) is -1.87. The zero-order valence-corrected chi connectivity index (χ0v) is 31.0. The highest BCUT2D eigenvalue weighted by atomic mass is 16.6. The summed E-state index contributed by atoms with van der Waals surface area (Å²) >= 11 is 0. The Bertz CT molecular complexity index is 1750. The van der Waals surface area contributed by atoms with Crippen molar-refractivity contribution >= 4 is 5.97 Å². The topological polar surface area (TPSA) is 72.5 Å². The van der Waals surface area contributed by atoms with Gasteiger partial charge in [0.1, 0.15) is 11.7 Å². The van der Waals surface area contributed by atoms with Crippen molar-refractivity contribution in [2.45, 2.75) is 109 Å². The van der Waals surface area contributed by atoms with E-state index in [0.717, 1.165) is 22.3 Å². The second-order valence-electron chi connectivity index (χ2n) is 15.5. The average molecular weight is 705 g/mol. The predicted octanol–water partition coefficient (Wildman–Crippen LogP) is 8.48. The summed E-state index contributed by atoms with van der Waals surface area (Å²) in [7, 11) is 0. The number of esters is 1. The average Bonchev–Trinajstić information content (AvgIpc) is 3.35. The normalized spacial score (nSPS) is 31.8. The third-order valence-corrected chi connectivity index (χ3v) is 11.7. The fourth-order valence-corrected chi connectivity index (χ4v) is 9.56. The quantitative estimate of drug-likeness (QED) is 0.129. The Morgan fingerprint density at radius 3 is 1.50 bits per heavy atom. The van der Waals surface area contributed by atoms with E-state index in [1.807, 2.05) is 72.8 Å². The van der Waals surface area contributed by atoms with E-state index < -0.39 is 41.0 Å². The van der Waals surface area contributed by atoms with Crippen LogP contribution in [0.15, 0.2) is 121 Å². The van der Waals surface area contributed by atoms with Gasteiger partial charge in [-0.3, -0.25) is 4.79 Å². The number of fused-ring (bicyclic) bond motifs is 1. The summed E-state index contributed by atoms with van der Waals surface area (Å²) < 4.78 is 42.4. The maximum Gasteiger partial charge on any atom is 0.303 e. The molecule has 1 aliphatic heterocycles. The van der Waals surface area contributed by atoms with Gasteiger partial charge in [-0.25, -0.2) is 0 Å². The van der Waals surface area contributed by atoms with E-state index in [0.29, 0.717) is 32.8 Å². The van der Waals surface area contributed by atoms with E-state index in [9.17, 15) is 4.79 Å². The Hall–Kier alpha value is -3.85. The Morgan fingerprint density at radius 1 is 0.615 bits per heavy atom. The van der Waals surface area contributed by atoms with Gasteiger partial charge in [0.05, 0.1) is 67.8 Å². The van der Waals surface area contributed by atoms with Crippen molar-refractivity contribution in [2.24, 2.45) is 17.3 Å². The van der Waals surface area contributed by atoms with E-state index >= 15 is 0 Å². The fourth-order valence-electron chi connectivity index (χ4n) is 9.56. The van der Waals surface area contributed by atoms with Gasteiger partial charge in [0.25, 0.3) is 0 Å². The van der Waals surface area contributed by atoms with Crippen molar-refractivity contribution in [2.75, 3.05) is 0 Å². The molecule has 3 aliphatic rings. The summed E-state index contributed by atoms with van der Waals surface area (Å²) in [5.41, 5.74) is 1.61. The molecule has 7 heteroatoms. The first-order valence-electron chi connectivity index (χ1n) is 18.6. The molecule has 0 radical (unpaired) electrons. The van der Waals surface area contributed by atoms with Crippen molar-refractivity contribution in [3.8, 4) is 0 Å². The zero-order valence-electron chi connectivity index (χ0n) is 31.0. The number of carbonyl (C=O) groups is 1. The highest BCUT2D eigenvalue weighted by Gasteiger charge is 2.82. The minimum Gasteiger partial charge on any atom is -0.459 e. The molecule has 274 valence electrons. The monoisotopic (exact) mass is 704 g/mol. The third kappa shape index (κ3) is 6.85. The largest absolute Gasteiger partial charge is 0.459 e. The minimum absolute atomic E-state index is 0.0960. The lowest BCUT2D eigenvalue weighted by Gasteiger charge is -2.65. The Balaban J connectivity index is 1.38. The molecule has 0 aromatic heterocycles. The molecule has 7 rings (SSSR count). The van der Waals surface area contributed by atoms with Crippen molar-refractivity contribution in [1.29, 1.82) is 0 Å². The van der Waals surface area contributed by atoms with Crippen LogP contribution in [0.25, 0.3) is 0 Å². The number of benzene rings is 4. The predicted molar refractivity (Wildman–Crippen MR) is 199 cm³/mol. The molecule has 4 aromatic carbocycles. The highest BCUT2D eigenvalue weighted by Crippen LogP contribution is 2.68. The fraction of sp³-hybridized carbons (Fsp3) is 0.444. The molecule has 1 heterocycles. The van der Waals surface area contributed by atoms with Crippen LogP contribution >= 0.6 is 0 Å². The summed E-state index contributed by atoms with van der Waals surface area (Å²) in [5.74, 6) is -0.769. The standard InChI is InChI=1S/C45H52O7/c1-31-26-37(47-27-33-18-10-6-11-19-33)40(49-29-35-22-14-8-15-23-35)44(5)42(50-30-36-24-16-9-17-25-36)39(48-28-34-20-12-7-13-21-34)38-41(51-32(2)46)45(31,44)52-43(38,3)4/h6-25,31,37-42H,26-30H2,1-5H3/t31-,37+,38?,39-,40+,41-,42-,44+,45?/m1/s1. The molecule has 2 unspecified atom stereocenters. The number of hydrogen-bond acceptors (Lipinski definition) is 7. The number of carbonyl (C=O) groups excluding carboxylic acids is 1. The molecule has 7 nitrogen and oxygen atoms in total. The lowest BCUT2D eigenvalue weighted by molar-refractivity contribution is -0.335. The van der Waals surface area contributed by atoms with Crippen molar-refractivity contribution in [3.05, 3.63) is 144 Å². The van der Waals surface area contributed by atoms with Gasteiger partial charge >= 0.3 is 5.97 Å². The number of ether oxygens (including phenoxy) is 6. The Kier molecular flexibility index (Phi) is 10.7. The van der Waals surface area contributed by atoms with Crippen molar-refractivity contribution in [1.82, 2.24) is 0 Å². The first-order valence-corrected chi connectivity index (χ1v) is 18.6. The van der Waals surface area contributed by atoms with Crippen LogP contribution in [0.2, 0.25) is 0 Å². The summed E-state index contributed by atoms with van der Waals surface area (Å²) in [6, 6.07) is 40.9. The van der Waals surface area contributed by atoms with Crippen molar-refractivity contribution in [3.63, 3.8) is 0 Å². The van der Waals surface area contributed by atoms with Gasteiger partial charge in [-0.2, -0.15) is 0 Å². The molecule has 4 aromatic rings. The molecule has 2 saturated carbocycles. The minimum atomic E-state index is -0.977. The smallest absolute Gasteiger partial charge is 0.303 e. The Morgan fingerprint density at radius 2 is 1.04 bits per heavy atom. The van der Waals surface area contributed by atoms with E-state index in [4.69, 9.17) is 28.4 Å². The number of hydrogen-bond donors (Lipinski definition) is 0. The van der Waals surface area contributed by atoms with Crippen LogP contribution in [-0.4, -0.2) is 47.7 Å². The van der Waals surface area contributed by atoms with Gasteiger partial charge in [0.15, 0.2) is 0 Å². The second kappa shape index (κ2) is 15.2. The SMILES string of the molecule is CC(=O)O[C@@H]1C2[C@@H](OCc3ccccc3)[C@@H](OCc3ccccc3)[C@]3(C)[C@@H](OCc4ccccc4)[C@@H](OCc4ccccc4)C[C@@H](C)C13OC2(C)C. The molecule has 52 heavy (non-hydrogen) atoms. The zero-order chi connectivity index (χ0) is 36.3. The van der Waals surface area contributed by atoms with Crippen LogP contribution in [0.1, 0.15) is 63.3 Å². The lowest BCUT2D eigenvalue weighted by atomic mass is 9.47. The number of rotatable bonds is 13. The van der Waals surface area contributed by atoms with Crippen LogP contribution in [0, 0.1) is 17.3 Å². The first-order chi connectivity index (χ1) is 25.1. The summed E-state index contributed by atoms with van der Waals surface area (Å²) in [6.45, 7) is 11.6. The molecule has 2 bridgehead atoms. The summed E-state index contributed by atoms with van der Waals surface area (Å²) in [4.78, 5) is 13.1. The van der Waals surface area contributed by atoms with Crippen LogP contribution in [-0.2, 0) is 59.6 Å². The molecule has 1 saturated heterocycles. The van der Waals surface area contributed by atoms with Gasteiger partial charge in [-0.15, -0.1) is 0 Å². The molecule has 2 aliphatic carbocycles. The van der Waals surface area contributed by atoms with Gasteiger partial charge < -0.3 is 28.4 Å². The van der Waals surface area contributed by atoms with E-state index in [1.54, 1.807) is 0 Å². The highest BCUT2D eigenvalue weighted by molar-refractivity contribution is 5.66. The summed E-state index contributed by atoms with van der Waals surface area (Å²) in [5, 5.41) is 0. The molecule has 0 amide bonds. The third-order valence-electron chi connectivity index (χ3n) is 11.7. The van der Waals surface area contributed by atoms with Gasteiger partial charge in [-0.05, 0) is 48.4 Å².